The average Bonchev–Trinajstić information content (AvgIpc) is 2.44. The molecule has 0 aliphatic carbocycles. The second kappa shape index (κ2) is 8.09. The highest BCUT2D eigenvalue weighted by Gasteiger charge is 2.22. The van der Waals surface area contributed by atoms with Crippen LogP contribution in [0.25, 0.3) is 0 Å². The highest BCUT2D eigenvalue weighted by molar-refractivity contribution is 5.84. The molecule has 5 heteroatoms. The second-order valence-corrected chi connectivity index (χ2v) is 4.69. The predicted octanol–water partition coefficient (Wildman–Crippen LogP) is 2.00. The molecule has 1 amide bonds. The number of hydrogen-bond donors (Lipinski definition) is 1. The Morgan fingerprint density at radius 1 is 1.33 bits per heavy atom. The van der Waals surface area contributed by atoms with Crippen molar-refractivity contribution in [3.8, 4) is 5.75 Å². The Balaban J connectivity index is 2.50. The van der Waals surface area contributed by atoms with Crippen molar-refractivity contribution in [1.29, 1.82) is 0 Å². The molecule has 0 spiro atoms. The quantitative estimate of drug-likeness (QED) is 0.616. The summed E-state index contributed by atoms with van der Waals surface area (Å²) in [7, 11) is 0. The summed E-state index contributed by atoms with van der Waals surface area (Å²) in [6, 6.07) is 7.36. The number of esters is 1. The fraction of sp³-hybridized carbons (Fsp3) is 0.375. The minimum Gasteiger partial charge on any atom is -0.479 e. The molecule has 2 atom stereocenters. The van der Waals surface area contributed by atoms with Crippen LogP contribution in [-0.2, 0) is 14.3 Å². The molecular weight excluding hydrogens is 270 g/mol. The number of hydrogen-bond acceptors (Lipinski definition) is 4. The van der Waals surface area contributed by atoms with Crippen LogP contribution in [-0.4, -0.2) is 30.6 Å². The molecule has 0 saturated carbocycles. The van der Waals surface area contributed by atoms with Crippen LogP contribution in [0.4, 0.5) is 0 Å². The number of carbonyl (C=O) groups excluding carboxylic acids is 2. The Morgan fingerprint density at radius 3 is 2.67 bits per heavy atom. The van der Waals surface area contributed by atoms with Crippen LogP contribution in [0.15, 0.2) is 36.9 Å². The van der Waals surface area contributed by atoms with Gasteiger partial charge < -0.3 is 14.8 Å². The van der Waals surface area contributed by atoms with E-state index < -0.39 is 18.2 Å². The number of ether oxygens (including phenoxy) is 2. The van der Waals surface area contributed by atoms with Crippen LogP contribution in [0, 0.1) is 6.92 Å². The number of benzene rings is 1. The third kappa shape index (κ3) is 5.69. The lowest BCUT2D eigenvalue weighted by Gasteiger charge is -2.17. The Kier molecular flexibility index (Phi) is 6.46. The van der Waals surface area contributed by atoms with Crippen LogP contribution in [0.3, 0.4) is 0 Å². The number of aryl methyl sites for hydroxylation is 1. The lowest BCUT2D eigenvalue weighted by atomic mass is 10.2. The van der Waals surface area contributed by atoms with E-state index in [4.69, 9.17) is 9.47 Å². The zero-order valence-corrected chi connectivity index (χ0v) is 12.6. The van der Waals surface area contributed by atoms with Crippen molar-refractivity contribution < 1.29 is 19.1 Å². The molecule has 0 aromatic heterocycles. The molecule has 0 unspecified atom stereocenters. The van der Waals surface area contributed by atoms with Crippen molar-refractivity contribution in [2.45, 2.75) is 33.0 Å². The van der Waals surface area contributed by atoms with E-state index in [0.29, 0.717) is 12.3 Å². The average molecular weight is 291 g/mol. The topological polar surface area (TPSA) is 64.6 Å². The van der Waals surface area contributed by atoms with Crippen molar-refractivity contribution in [3.05, 3.63) is 42.5 Å². The third-order valence-electron chi connectivity index (χ3n) is 2.72. The molecule has 1 aromatic rings. The summed E-state index contributed by atoms with van der Waals surface area (Å²) >= 11 is 0. The van der Waals surface area contributed by atoms with E-state index in [9.17, 15) is 9.59 Å². The van der Waals surface area contributed by atoms with Crippen molar-refractivity contribution >= 4 is 11.9 Å². The van der Waals surface area contributed by atoms with Gasteiger partial charge in [0, 0.05) is 6.54 Å². The summed E-state index contributed by atoms with van der Waals surface area (Å²) in [6.45, 7) is 8.85. The van der Waals surface area contributed by atoms with Crippen molar-refractivity contribution in [3.63, 3.8) is 0 Å². The van der Waals surface area contributed by atoms with E-state index in [2.05, 4.69) is 11.9 Å². The summed E-state index contributed by atoms with van der Waals surface area (Å²) in [4.78, 5) is 23.5. The first-order valence-electron chi connectivity index (χ1n) is 6.76. The Bertz CT molecular complexity index is 513. The first kappa shape index (κ1) is 16.8. The zero-order chi connectivity index (χ0) is 15.8. The smallest absolute Gasteiger partial charge is 0.347 e. The molecule has 1 rings (SSSR count). The van der Waals surface area contributed by atoms with Gasteiger partial charge in [0.1, 0.15) is 5.75 Å². The minimum atomic E-state index is -0.874. The van der Waals surface area contributed by atoms with Gasteiger partial charge in [-0.1, -0.05) is 18.2 Å². The summed E-state index contributed by atoms with van der Waals surface area (Å²) in [6.07, 6.45) is -0.113. The van der Waals surface area contributed by atoms with Gasteiger partial charge in [-0.2, -0.15) is 0 Å². The Labute approximate surface area is 124 Å². The van der Waals surface area contributed by atoms with Gasteiger partial charge >= 0.3 is 5.97 Å². The van der Waals surface area contributed by atoms with Gasteiger partial charge in [-0.15, -0.1) is 6.58 Å². The highest BCUT2D eigenvalue weighted by Crippen LogP contribution is 2.14. The molecule has 114 valence electrons. The van der Waals surface area contributed by atoms with Crippen molar-refractivity contribution in [2.24, 2.45) is 0 Å². The minimum absolute atomic E-state index is 0.329. The van der Waals surface area contributed by atoms with Crippen molar-refractivity contribution in [2.75, 3.05) is 6.54 Å². The second-order valence-electron chi connectivity index (χ2n) is 4.69. The largest absolute Gasteiger partial charge is 0.479 e. The molecule has 0 fully saturated rings. The molecule has 0 heterocycles. The first-order chi connectivity index (χ1) is 9.93. The fourth-order valence-electron chi connectivity index (χ4n) is 1.58. The zero-order valence-electron chi connectivity index (χ0n) is 12.6. The maximum atomic E-state index is 11.9. The van der Waals surface area contributed by atoms with E-state index >= 15 is 0 Å². The van der Waals surface area contributed by atoms with Gasteiger partial charge in [-0.25, -0.2) is 4.79 Å². The van der Waals surface area contributed by atoms with Gasteiger partial charge in [0.05, 0.1) is 0 Å². The van der Waals surface area contributed by atoms with Crippen LogP contribution < -0.4 is 10.1 Å². The number of amides is 1. The highest BCUT2D eigenvalue weighted by atomic mass is 16.6. The standard InChI is InChI=1S/C16H21NO4/c1-5-9-17-15(18)12(3)21-16(19)13(4)20-14-8-6-7-11(2)10-14/h5-8,10,12-13H,1,9H2,2-4H3,(H,17,18)/t12-,13+/m0/s1. The van der Waals surface area contributed by atoms with Gasteiger partial charge in [-0.3, -0.25) is 4.79 Å². The van der Waals surface area contributed by atoms with E-state index in [-0.39, 0.29) is 5.91 Å². The van der Waals surface area contributed by atoms with Crippen LogP contribution in [0.5, 0.6) is 5.75 Å². The SMILES string of the molecule is C=CCNC(=O)[C@H](C)OC(=O)[C@@H](C)Oc1cccc(C)c1. The molecule has 21 heavy (non-hydrogen) atoms. The normalized spacial score (nSPS) is 12.9. The third-order valence-corrected chi connectivity index (χ3v) is 2.72. The Morgan fingerprint density at radius 2 is 2.05 bits per heavy atom. The van der Waals surface area contributed by atoms with Gasteiger partial charge in [0.15, 0.2) is 12.2 Å². The van der Waals surface area contributed by atoms with E-state index in [1.807, 2.05) is 25.1 Å². The van der Waals surface area contributed by atoms with Crippen LogP contribution in [0.2, 0.25) is 0 Å². The number of rotatable bonds is 7. The number of carbonyl (C=O) groups is 2. The molecule has 0 saturated heterocycles. The van der Waals surface area contributed by atoms with E-state index in [1.54, 1.807) is 19.1 Å². The fourth-order valence-corrected chi connectivity index (χ4v) is 1.58. The van der Waals surface area contributed by atoms with E-state index in [0.717, 1.165) is 5.56 Å². The molecule has 0 aliphatic heterocycles. The number of nitrogens with one attached hydrogen (secondary N) is 1. The van der Waals surface area contributed by atoms with Crippen LogP contribution >= 0.6 is 0 Å². The summed E-state index contributed by atoms with van der Waals surface area (Å²) in [5.41, 5.74) is 1.03. The van der Waals surface area contributed by atoms with Gasteiger partial charge in [0.2, 0.25) is 0 Å². The lowest BCUT2D eigenvalue weighted by Crippen LogP contribution is -2.38. The molecular formula is C16H21NO4. The van der Waals surface area contributed by atoms with E-state index in [1.165, 1.54) is 6.92 Å². The van der Waals surface area contributed by atoms with Crippen LogP contribution in [0.1, 0.15) is 19.4 Å². The summed E-state index contributed by atoms with van der Waals surface area (Å²) in [5.74, 6) is -0.369. The molecule has 1 N–H and O–H groups in total. The first-order valence-corrected chi connectivity index (χ1v) is 6.76. The maximum absolute atomic E-state index is 11.9. The maximum Gasteiger partial charge on any atom is 0.347 e. The monoisotopic (exact) mass is 291 g/mol. The summed E-state index contributed by atoms with van der Waals surface area (Å²) < 4.78 is 10.6. The van der Waals surface area contributed by atoms with Gasteiger partial charge in [0.25, 0.3) is 5.91 Å². The molecule has 5 nitrogen and oxygen atoms in total. The van der Waals surface area contributed by atoms with Crippen molar-refractivity contribution in [1.82, 2.24) is 5.32 Å². The molecule has 0 bridgehead atoms. The molecule has 0 radical (unpaired) electrons. The summed E-state index contributed by atoms with van der Waals surface area (Å²) in [5, 5.41) is 2.56. The molecule has 0 aliphatic rings. The predicted molar refractivity (Wildman–Crippen MR) is 80.0 cm³/mol. The lowest BCUT2D eigenvalue weighted by molar-refractivity contribution is -0.160. The Hall–Kier alpha value is -2.30. The molecule has 1 aromatic carbocycles. The van der Waals surface area contributed by atoms with Gasteiger partial charge in [-0.05, 0) is 38.5 Å².